The molecule has 8 heteroatoms. The SMILES string of the molecule is Clc1cc2nc(/N=C3/CC4(CN5CCC4CC5)ON3)sc2cc1Cl. The van der Waals surface area contributed by atoms with Crippen LogP contribution in [0.4, 0.5) is 5.13 Å². The normalized spacial score (nSPS) is 33.7. The van der Waals surface area contributed by atoms with Crippen LogP contribution in [0.2, 0.25) is 10.0 Å². The number of piperidine rings is 3. The van der Waals surface area contributed by atoms with E-state index in [1.54, 1.807) is 6.07 Å². The van der Waals surface area contributed by atoms with Gasteiger partial charge in [-0.05, 0) is 44.0 Å². The van der Waals surface area contributed by atoms with Crippen LogP contribution in [0.5, 0.6) is 0 Å². The quantitative estimate of drug-likeness (QED) is 0.808. The molecule has 0 radical (unpaired) electrons. The Morgan fingerprint density at radius 2 is 2.08 bits per heavy atom. The first-order valence-corrected chi connectivity index (χ1v) is 9.68. The highest BCUT2D eigenvalue weighted by Crippen LogP contribution is 2.43. The Bertz CT molecular complexity index is 807. The predicted octanol–water partition coefficient (Wildman–Crippen LogP) is 4.02. The van der Waals surface area contributed by atoms with Gasteiger partial charge in [0, 0.05) is 13.0 Å². The molecule has 5 nitrogen and oxygen atoms in total. The molecule has 1 N–H and O–H groups in total. The van der Waals surface area contributed by atoms with Gasteiger partial charge in [0.05, 0.1) is 20.3 Å². The number of aromatic nitrogens is 1. The van der Waals surface area contributed by atoms with Crippen molar-refractivity contribution in [2.45, 2.75) is 24.9 Å². The molecule has 5 heterocycles. The molecular formula is C16H16Cl2N4OS. The summed E-state index contributed by atoms with van der Waals surface area (Å²) in [5, 5.41) is 1.76. The van der Waals surface area contributed by atoms with Crippen molar-refractivity contribution in [2.24, 2.45) is 10.9 Å². The van der Waals surface area contributed by atoms with Gasteiger partial charge in [0.1, 0.15) is 11.4 Å². The highest BCUT2D eigenvalue weighted by atomic mass is 35.5. The summed E-state index contributed by atoms with van der Waals surface area (Å²) in [5.74, 6) is 1.48. The van der Waals surface area contributed by atoms with Crippen molar-refractivity contribution in [1.29, 1.82) is 0 Å². The third-order valence-corrected chi connectivity index (χ3v) is 6.95. The zero-order chi connectivity index (χ0) is 16.3. The minimum absolute atomic E-state index is 0.112. The van der Waals surface area contributed by atoms with Crippen molar-refractivity contribution < 1.29 is 4.84 Å². The molecule has 1 unspecified atom stereocenters. The van der Waals surface area contributed by atoms with Crippen LogP contribution in [-0.4, -0.2) is 41.0 Å². The van der Waals surface area contributed by atoms with E-state index in [2.05, 4.69) is 20.4 Å². The first-order chi connectivity index (χ1) is 11.6. The van der Waals surface area contributed by atoms with Crippen LogP contribution in [0.15, 0.2) is 17.1 Å². The molecule has 1 aromatic heterocycles. The average Bonchev–Trinajstić information content (AvgIpc) is 3.13. The summed E-state index contributed by atoms with van der Waals surface area (Å²) >= 11 is 13.6. The average molecular weight is 383 g/mol. The number of halogens is 2. The zero-order valence-corrected chi connectivity index (χ0v) is 15.2. The lowest BCUT2D eigenvalue weighted by molar-refractivity contribution is -0.150. The summed E-state index contributed by atoms with van der Waals surface area (Å²) < 4.78 is 0.986. The maximum absolute atomic E-state index is 6.07. The Balaban J connectivity index is 1.43. The minimum atomic E-state index is -0.112. The van der Waals surface area contributed by atoms with Crippen molar-refractivity contribution in [3.05, 3.63) is 22.2 Å². The second-order valence-corrected chi connectivity index (χ2v) is 8.61. The Labute approximate surface area is 153 Å². The number of nitrogens with one attached hydrogen (secondary N) is 1. The van der Waals surface area contributed by atoms with Gasteiger partial charge in [-0.2, -0.15) is 0 Å². The Hall–Kier alpha value is -0.920. The minimum Gasteiger partial charge on any atom is -0.300 e. The highest BCUT2D eigenvalue weighted by molar-refractivity contribution is 7.22. The van der Waals surface area contributed by atoms with E-state index in [4.69, 9.17) is 28.0 Å². The van der Waals surface area contributed by atoms with E-state index in [1.807, 2.05) is 6.07 Å². The van der Waals surface area contributed by atoms with Gasteiger partial charge in [0.15, 0.2) is 0 Å². The van der Waals surface area contributed by atoms with Gasteiger partial charge in [-0.25, -0.2) is 9.98 Å². The third-order valence-electron chi connectivity index (χ3n) is 5.31. The molecule has 24 heavy (non-hydrogen) atoms. The highest BCUT2D eigenvalue weighted by Gasteiger charge is 2.52. The van der Waals surface area contributed by atoms with Gasteiger partial charge in [-0.1, -0.05) is 34.5 Å². The van der Waals surface area contributed by atoms with Crippen molar-refractivity contribution in [3.63, 3.8) is 0 Å². The van der Waals surface area contributed by atoms with E-state index >= 15 is 0 Å². The number of hydrogen-bond acceptors (Lipinski definition) is 5. The van der Waals surface area contributed by atoms with E-state index in [9.17, 15) is 0 Å². The molecule has 2 bridgehead atoms. The van der Waals surface area contributed by atoms with E-state index in [1.165, 1.54) is 37.3 Å². The maximum atomic E-state index is 6.07. The molecule has 126 valence electrons. The second kappa shape index (κ2) is 5.54. The van der Waals surface area contributed by atoms with Gasteiger partial charge in [0.25, 0.3) is 0 Å². The number of rotatable bonds is 1. The number of hydroxylamine groups is 1. The number of aliphatic imine (C=N–C) groups is 1. The number of nitrogens with zero attached hydrogens (tertiary/aromatic N) is 3. The van der Waals surface area contributed by atoms with Gasteiger partial charge in [-0.15, -0.1) is 0 Å². The fourth-order valence-electron chi connectivity index (χ4n) is 4.09. The van der Waals surface area contributed by atoms with Crippen LogP contribution < -0.4 is 5.48 Å². The van der Waals surface area contributed by atoms with E-state index in [0.717, 1.165) is 29.0 Å². The fourth-order valence-corrected chi connectivity index (χ4v) is 5.36. The molecule has 1 spiro atoms. The van der Waals surface area contributed by atoms with E-state index in [-0.39, 0.29) is 5.60 Å². The van der Waals surface area contributed by atoms with Gasteiger partial charge < -0.3 is 4.90 Å². The van der Waals surface area contributed by atoms with Crippen molar-refractivity contribution in [2.75, 3.05) is 19.6 Å². The maximum Gasteiger partial charge on any atom is 0.211 e. The number of thiazole rings is 1. The number of benzene rings is 1. The molecule has 0 amide bonds. The molecule has 4 aliphatic heterocycles. The molecule has 0 saturated carbocycles. The molecule has 4 aliphatic rings. The largest absolute Gasteiger partial charge is 0.300 e. The summed E-state index contributed by atoms with van der Waals surface area (Å²) in [6, 6.07) is 3.63. The smallest absolute Gasteiger partial charge is 0.211 e. The lowest BCUT2D eigenvalue weighted by atomic mass is 9.74. The Morgan fingerprint density at radius 1 is 1.29 bits per heavy atom. The van der Waals surface area contributed by atoms with Gasteiger partial charge >= 0.3 is 0 Å². The molecule has 6 rings (SSSR count). The van der Waals surface area contributed by atoms with Crippen molar-refractivity contribution >= 4 is 55.7 Å². The first-order valence-electron chi connectivity index (χ1n) is 8.11. The molecule has 2 aromatic rings. The number of fused-ring (bicyclic) bond motifs is 3. The summed E-state index contributed by atoms with van der Waals surface area (Å²) in [6.07, 6.45) is 3.26. The lowest BCUT2D eigenvalue weighted by Gasteiger charge is -2.49. The summed E-state index contributed by atoms with van der Waals surface area (Å²) in [7, 11) is 0. The summed E-state index contributed by atoms with van der Waals surface area (Å²) in [5.41, 5.74) is 3.77. The van der Waals surface area contributed by atoms with Crippen LogP contribution in [0.3, 0.4) is 0 Å². The standard InChI is InChI=1S/C16H16Cl2N4OS/c17-10-5-12-13(6-11(10)18)24-15(19-12)20-14-7-16(23-21-14)8-22-3-1-9(16)2-4-22/h5-6,9H,1-4,7-8H2,(H,19,20,21). The monoisotopic (exact) mass is 382 g/mol. The fraction of sp³-hybridized carbons (Fsp3) is 0.500. The molecule has 1 aromatic carbocycles. The van der Waals surface area contributed by atoms with E-state index < -0.39 is 0 Å². The van der Waals surface area contributed by atoms with Crippen LogP contribution in [0.1, 0.15) is 19.3 Å². The summed E-state index contributed by atoms with van der Waals surface area (Å²) in [4.78, 5) is 17.7. The number of amidine groups is 1. The topological polar surface area (TPSA) is 49.8 Å². The molecule has 1 atom stereocenters. The van der Waals surface area contributed by atoms with Gasteiger partial charge in [-0.3, -0.25) is 10.3 Å². The van der Waals surface area contributed by atoms with Crippen molar-refractivity contribution in [3.8, 4) is 0 Å². The summed E-state index contributed by atoms with van der Waals surface area (Å²) in [6.45, 7) is 3.39. The predicted molar refractivity (Wildman–Crippen MR) is 97.5 cm³/mol. The van der Waals surface area contributed by atoms with Crippen LogP contribution in [-0.2, 0) is 4.84 Å². The van der Waals surface area contributed by atoms with Gasteiger partial charge in [0.2, 0.25) is 5.13 Å². The third kappa shape index (κ3) is 2.44. The Morgan fingerprint density at radius 3 is 2.83 bits per heavy atom. The zero-order valence-electron chi connectivity index (χ0n) is 12.9. The molecular weight excluding hydrogens is 367 g/mol. The van der Waals surface area contributed by atoms with Crippen LogP contribution in [0.25, 0.3) is 10.2 Å². The van der Waals surface area contributed by atoms with E-state index in [0.29, 0.717) is 21.1 Å². The molecule has 0 aliphatic carbocycles. The Kier molecular flexibility index (Phi) is 3.54. The molecule has 4 saturated heterocycles. The van der Waals surface area contributed by atoms with Crippen molar-refractivity contribution in [1.82, 2.24) is 15.4 Å². The second-order valence-electron chi connectivity index (χ2n) is 6.79. The number of hydrogen-bond donors (Lipinski definition) is 1. The first kappa shape index (κ1) is 15.3. The van der Waals surface area contributed by atoms with Crippen LogP contribution >= 0.6 is 34.5 Å². The lowest BCUT2D eigenvalue weighted by Crippen LogP contribution is -2.59. The van der Waals surface area contributed by atoms with Crippen LogP contribution in [0, 0.1) is 5.92 Å². The molecule has 4 fully saturated rings.